The second-order valence-electron chi connectivity index (χ2n) is 14.5. The number of halogens is 2. The summed E-state index contributed by atoms with van der Waals surface area (Å²) in [4.78, 5) is 52.0. The van der Waals surface area contributed by atoms with Crippen LogP contribution in [0.25, 0.3) is 0 Å². The molecule has 56 heavy (non-hydrogen) atoms. The molecule has 0 bridgehead atoms. The lowest BCUT2D eigenvalue weighted by Crippen LogP contribution is -2.50. The van der Waals surface area contributed by atoms with E-state index in [-0.39, 0.29) is 63.5 Å². The normalized spacial score (nSPS) is 12.9. The number of hydrogen-bond acceptors (Lipinski definition) is 8. The van der Waals surface area contributed by atoms with Crippen LogP contribution < -0.4 is 10.6 Å². The molecule has 0 saturated carbocycles. The molecule has 0 spiro atoms. The van der Waals surface area contributed by atoms with Crippen LogP contribution in [0.1, 0.15) is 68.2 Å². The number of rotatable bonds is 22. The maximum Gasteiger partial charge on any atom is 0.407 e. The van der Waals surface area contributed by atoms with Gasteiger partial charge in [-0.05, 0) is 65.1 Å². The van der Waals surface area contributed by atoms with E-state index in [0.717, 1.165) is 34.9 Å². The molecule has 4 aromatic carbocycles. The number of carbonyl (C=O) groups excluding carboxylic acids is 4. The first-order valence-electron chi connectivity index (χ1n) is 18.6. The SMILES string of the molecule is CC(C)(CCC(=O)CC(Cc1cc(F)ccc1F)NC(=O)OCc1ccccc1)CCC(=O)[C@@H](O)[C@@H](COCc1ccccc1)NC(=O)OCc1ccccc1. The van der Waals surface area contributed by atoms with E-state index in [2.05, 4.69) is 10.6 Å². The van der Waals surface area contributed by atoms with E-state index in [1.807, 2.05) is 68.4 Å². The van der Waals surface area contributed by atoms with Gasteiger partial charge in [0.05, 0.1) is 19.3 Å². The van der Waals surface area contributed by atoms with Crippen molar-refractivity contribution in [2.75, 3.05) is 6.61 Å². The van der Waals surface area contributed by atoms with Crippen molar-refractivity contribution in [3.05, 3.63) is 143 Å². The van der Waals surface area contributed by atoms with Gasteiger partial charge in [0.25, 0.3) is 0 Å². The molecular weight excluding hydrogens is 722 g/mol. The van der Waals surface area contributed by atoms with Gasteiger partial charge in [0, 0.05) is 25.3 Å². The second kappa shape index (κ2) is 22.2. The molecule has 12 heteroatoms. The van der Waals surface area contributed by atoms with Crippen molar-refractivity contribution in [2.24, 2.45) is 5.41 Å². The number of benzene rings is 4. The Morgan fingerprint density at radius 1 is 0.696 bits per heavy atom. The van der Waals surface area contributed by atoms with Gasteiger partial charge in [-0.15, -0.1) is 0 Å². The van der Waals surface area contributed by atoms with Crippen molar-refractivity contribution >= 4 is 23.8 Å². The Morgan fingerprint density at radius 2 is 1.21 bits per heavy atom. The summed E-state index contributed by atoms with van der Waals surface area (Å²) >= 11 is 0. The highest BCUT2D eigenvalue weighted by Gasteiger charge is 2.30. The van der Waals surface area contributed by atoms with Crippen molar-refractivity contribution in [3.63, 3.8) is 0 Å². The van der Waals surface area contributed by atoms with Crippen molar-refractivity contribution in [2.45, 2.75) is 90.4 Å². The van der Waals surface area contributed by atoms with Gasteiger partial charge in [0.2, 0.25) is 0 Å². The van der Waals surface area contributed by atoms with Gasteiger partial charge in [-0.1, -0.05) is 105 Å². The van der Waals surface area contributed by atoms with Gasteiger partial charge in [-0.25, -0.2) is 18.4 Å². The van der Waals surface area contributed by atoms with Gasteiger partial charge in [-0.3, -0.25) is 9.59 Å². The van der Waals surface area contributed by atoms with E-state index in [0.29, 0.717) is 12.8 Å². The molecule has 0 radical (unpaired) electrons. The molecule has 0 aliphatic rings. The summed E-state index contributed by atoms with van der Waals surface area (Å²) in [6.45, 7) is 3.80. The molecule has 1 unspecified atom stereocenters. The number of Topliss-reactive ketones (excluding diaryl/α,β-unsaturated/α-hetero) is 2. The van der Waals surface area contributed by atoms with E-state index >= 15 is 0 Å². The zero-order valence-electron chi connectivity index (χ0n) is 31.8. The van der Waals surface area contributed by atoms with Crippen molar-refractivity contribution < 1.29 is 47.3 Å². The number of nitrogens with one attached hydrogen (secondary N) is 2. The lowest BCUT2D eigenvalue weighted by molar-refractivity contribution is -0.130. The number of carbonyl (C=O) groups is 4. The maximum atomic E-state index is 14.6. The largest absolute Gasteiger partial charge is 0.445 e. The third kappa shape index (κ3) is 15.7. The summed E-state index contributed by atoms with van der Waals surface area (Å²) in [5, 5.41) is 16.3. The van der Waals surface area contributed by atoms with Crippen LogP contribution >= 0.6 is 0 Å². The molecule has 298 valence electrons. The lowest BCUT2D eigenvalue weighted by atomic mass is 9.81. The summed E-state index contributed by atoms with van der Waals surface area (Å²) in [7, 11) is 0. The van der Waals surface area contributed by atoms with Gasteiger partial charge in [0.1, 0.15) is 36.7 Å². The molecule has 2 amide bonds. The van der Waals surface area contributed by atoms with Crippen LogP contribution in [0.3, 0.4) is 0 Å². The van der Waals surface area contributed by atoms with Crippen molar-refractivity contribution in [1.82, 2.24) is 10.6 Å². The molecule has 0 saturated heterocycles. The molecule has 10 nitrogen and oxygen atoms in total. The summed E-state index contributed by atoms with van der Waals surface area (Å²) in [6.07, 6.45) is -2.81. The Bertz CT molecular complexity index is 1840. The van der Waals surface area contributed by atoms with Gasteiger partial charge >= 0.3 is 12.2 Å². The van der Waals surface area contributed by atoms with Crippen LogP contribution in [0.4, 0.5) is 18.4 Å². The van der Waals surface area contributed by atoms with Crippen LogP contribution in [0.5, 0.6) is 0 Å². The first-order chi connectivity index (χ1) is 26.9. The molecule has 4 aromatic rings. The van der Waals surface area contributed by atoms with E-state index in [4.69, 9.17) is 14.2 Å². The molecule has 0 heterocycles. The van der Waals surface area contributed by atoms with Gasteiger partial charge < -0.3 is 30.0 Å². The van der Waals surface area contributed by atoms with Crippen LogP contribution in [-0.2, 0) is 50.0 Å². The predicted molar refractivity (Wildman–Crippen MR) is 206 cm³/mol. The van der Waals surface area contributed by atoms with Crippen molar-refractivity contribution in [3.8, 4) is 0 Å². The summed E-state index contributed by atoms with van der Waals surface area (Å²) in [5.74, 6) is -2.06. The number of alkyl carbamates (subject to hydrolysis) is 2. The molecule has 3 N–H and O–H groups in total. The molecule has 3 atom stereocenters. The zero-order valence-corrected chi connectivity index (χ0v) is 31.8. The van der Waals surface area contributed by atoms with Gasteiger partial charge in [0.15, 0.2) is 5.78 Å². The third-order valence-electron chi connectivity index (χ3n) is 9.25. The van der Waals surface area contributed by atoms with Crippen molar-refractivity contribution in [1.29, 1.82) is 0 Å². The summed E-state index contributed by atoms with van der Waals surface area (Å²) in [5.41, 5.74) is 1.88. The maximum absolute atomic E-state index is 14.6. The lowest BCUT2D eigenvalue weighted by Gasteiger charge is -2.27. The summed E-state index contributed by atoms with van der Waals surface area (Å²) in [6, 6.07) is 28.4. The van der Waals surface area contributed by atoms with E-state index in [9.17, 15) is 33.1 Å². The average Bonchev–Trinajstić information content (AvgIpc) is 3.19. The number of ketones is 2. The first kappa shape index (κ1) is 43.3. The quantitative estimate of drug-likeness (QED) is 0.0736. The van der Waals surface area contributed by atoms with Crippen LogP contribution in [0, 0.1) is 17.0 Å². The Labute approximate surface area is 326 Å². The van der Waals surface area contributed by atoms with Crippen LogP contribution in [0.2, 0.25) is 0 Å². The zero-order chi connectivity index (χ0) is 40.3. The fraction of sp³-hybridized carbons (Fsp3) is 0.364. The highest BCUT2D eigenvalue weighted by Crippen LogP contribution is 2.29. The second-order valence-corrected chi connectivity index (χ2v) is 14.5. The minimum atomic E-state index is -1.59. The molecule has 0 aromatic heterocycles. The molecular formula is C44H50F2N2O8. The molecule has 0 aliphatic carbocycles. The minimum Gasteiger partial charge on any atom is -0.445 e. The van der Waals surface area contributed by atoms with Crippen LogP contribution in [-0.4, -0.2) is 53.7 Å². The highest BCUT2D eigenvalue weighted by atomic mass is 19.1. The van der Waals surface area contributed by atoms with Gasteiger partial charge in [-0.2, -0.15) is 0 Å². The standard InChI is InChI=1S/C44H50F2N2O8/c1-44(2,22-20-37(49)26-36(25-34-24-35(45)18-19-38(34)46)47-42(52)55-28-32-14-8-4-9-15-32)23-21-40(50)41(51)39(30-54-27-31-12-6-3-7-13-31)48-43(53)56-29-33-16-10-5-11-17-33/h3-19,24,36,39,41,51H,20-23,25-30H2,1-2H3,(H,47,52)(H,48,53)/t36?,39-,41+/m1/s1. The number of amides is 2. The van der Waals surface area contributed by atoms with E-state index in [1.165, 1.54) is 0 Å². The van der Waals surface area contributed by atoms with E-state index < -0.39 is 53.2 Å². The summed E-state index contributed by atoms with van der Waals surface area (Å²) < 4.78 is 44.9. The number of aliphatic hydroxyl groups is 1. The Hall–Kier alpha value is -5.46. The monoisotopic (exact) mass is 772 g/mol. The Kier molecular flexibility index (Phi) is 17.1. The topological polar surface area (TPSA) is 140 Å². The third-order valence-corrected chi connectivity index (χ3v) is 9.25. The first-order valence-corrected chi connectivity index (χ1v) is 18.6. The van der Waals surface area contributed by atoms with E-state index in [1.54, 1.807) is 36.4 Å². The fourth-order valence-corrected chi connectivity index (χ4v) is 5.89. The fourth-order valence-electron chi connectivity index (χ4n) is 5.89. The predicted octanol–water partition coefficient (Wildman–Crippen LogP) is 7.79. The highest BCUT2D eigenvalue weighted by molar-refractivity contribution is 5.84. The minimum absolute atomic E-state index is 0.00192. The molecule has 0 aliphatic heterocycles. The molecule has 0 fully saturated rings. The number of hydrogen-bond donors (Lipinski definition) is 3. The molecule has 4 rings (SSSR count). The Balaban J connectivity index is 1.30. The number of ether oxygens (including phenoxy) is 3. The average molecular weight is 773 g/mol. The Morgan fingerprint density at radius 3 is 1.79 bits per heavy atom. The van der Waals surface area contributed by atoms with Crippen LogP contribution in [0.15, 0.2) is 109 Å². The smallest absolute Gasteiger partial charge is 0.407 e. The number of aliphatic hydroxyl groups excluding tert-OH is 1.